The summed E-state index contributed by atoms with van der Waals surface area (Å²) in [6.45, 7) is 8.76. The highest BCUT2D eigenvalue weighted by atomic mass is 32.2. The van der Waals surface area contributed by atoms with E-state index in [2.05, 4.69) is 44.1 Å². The van der Waals surface area contributed by atoms with Crippen LogP contribution < -0.4 is 5.32 Å². The summed E-state index contributed by atoms with van der Waals surface area (Å²) in [5.41, 5.74) is 1.28. The molecule has 0 atom stereocenters. The first-order valence-corrected chi connectivity index (χ1v) is 5.57. The van der Waals surface area contributed by atoms with E-state index < -0.39 is 0 Å². The molecule has 0 aromatic carbocycles. The molecule has 1 heterocycles. The van der Waals surface area contributed by atoms with Crippen LogP contribution in [0.1, 0.15) is 26.3 Å². The maximum atomic E-state index is 4.31. The Morgan fingerprint density at radius 3 is 2.43 bits per heavy atom. The van der Waals surface area contributed by atoms with Crippen LogP contribution in [0.15, 0.2) is 17.2 Å². The van der Waals surface area contributed by atoms with Gasteiger partial charge in [-0.05, 0) is 18.6 Å². The molecule has 1 aromatic rings. The third-order valence-corrected chi connectivity index (χ3v) is 2.99. The number of anilines is 1. The van der Waals surface area contributed by atoms with Crippen molar-refractivity contribution >= 4 is 17.6 Å². The van der Waals surface area contributed by atoms with Crippen molar-refractivity contribution in [1.82, 2.24) is 4.98 Å². The first kappa shape index (κ1) is 11.4. The zero-order chi connectivity index (χ0) is 10.8. The van der Waals surface area contributed by atoms with E-state index in [-0.39, 0.29) is 4.75 Å². The molecule has 0 unspecified atom stereocenters. The van der Waals surface area contributed by atoms with Gasteiger partial charge in [-0.25, -0.2) is 4.98 Å². The summed E-state index contributed by atoms with van der Waals surface area (Å²) in [4.78, 5) is 5.57. The quantitative estimate of drug-likeness (QED) is 0.758. The van der Waals surface area contributed by atoms with Crippen molar-refractivity contribution in [3.8, 4) is 0 Å². The summed E-state index contributed by atoms with van der Waals surface area (Å²) in [6.07, 6.45) is 1.94. The molecule has 0 bridgehead atoms. The van der Waals surface area contributed by atoms with Gasteiger partial charge in [0.1, 0.15) is 5.82 Å². The van der Waals surface area contributed by atoms with Crippen LogP contribution >= 0.6 is 11.8 Å². The normalized spacial score (nSPS) is 11.5. The van der Waals surface area contributed by atoms with Crippen LogP contribution in [0.3, 0.4) is 0 Å². The molecule has 2 nitrogen and oxygen atoms in total. The largest absolute Gasteiger partial charge is 0.373 e. The number of nitrogens with one attached hydrogen (secondary N) is 1. The van der Waals surface area contributed by atoms with Crippen molar-refractivity contribution in [2.24, 2.45) is 0 Å². The Hall–Kier alpha value is -0.700. The van der Waals surface area contributed by atoms with E-state index in [0.29, 0.717) is 0 Å². The highest BCUT2D eigenvalue weighted by molar-refractivity contribution is 8.00. The topological polar surface area (TPSA) is 24.9 Å². The number of thioether (sulfide) groups is 1. The van der Waals surface area contributed by atoms with Gasteiger partial charge in [0.2, 0.25) is 0 Å². The number of rotatable bonds is 2. The molecule has 0 saturated heterocycles. The fourth-order valence-electron chi connectivity index (χ4n) is 1.12. The van der Waals surface area contributed by atoms with Gasteiger partial charge >= 0.3 is 0 Å². The summed E-state index contributed by atoms with van der Waals surface area (Å²) in [6, 6.07) is 2.08. The fourth-order valence-corrected chi connectivity index (χ4v) is 2.10. The van der Waals surface area contributed by atoms with Crippen LogP contribution in [-0.4, -0.2) is 16.8 Å². The Morgan fingerprint density at radius 1 is 1.36 bits per heavy atom. The predicted octanol–water partition coefficient (Wildman–Crippen LogP) is 3.32. The number of pyridine rings is 1. The highest BCUT2D eigenvalue weighted by Crippen LogP contribution is 2.33. The van der Waals surface area contributed by atoms with Crippen molar-refractivity contribution in [1.29, 1.82) is 0 Å². The molecule has 0 radical (unpaired) electrons. The molecule has 14 heavy (non-hydrogen) atoms. The molecule has 0 aliphatic carbocycles. The van der Waals surface area contributed by atoms with Gasteiger partial charge in [-0.15, -0.1) is 11.8 Å². The van der Waals surface area contributed by atoms with Gasteiger partial charge in [0.25, 0.3) is 0 Å². The van der Waals surface area contributed by atoms with Crippen molar-refractivity contribution < 1.29 is 0 Å². The Kier molecular flexibility index (Phi) is 3.43. The van der Waals surface area contributed by atoms with E-state index in [1.165, 1.54) is 10.5 Å². The average Bonchev–Trinajstić information content (AvgIpc) is 2.06. The lowest BCUT2D eigenvalue weighted by molar-refractivity contribution is 0.801. The van der Waals surface area contributed by atoms with E-state index in [1.807, 2.05) is 25.0 Å². The zero-order valence-electron chi connectivity index (χ0n) is 9.51. The lowest BCUT2D eigenvalue weighted by atomic mass is 10.3. The molecule has 1 rings (SSSR count). The maximum Gasteiger partial charge on any atom is 0.125 e. The summed E-state index contributed by atoms with van der Waals surface area (Å²) < 4.78 is 0.244. The third kappa shape index (κ3) is 3.22. The molecule has 0 aliphatic heterocycles. The number of hydrogen-bond acceptors (Lipinski definition) is 3. The van der Waals surface area contributed by atoms with E-state index >= 15 is 0 Å². The van der Waals surface area contributed by atoms with E-state index in [0.717, 1.165) is 5.82 Å². The second kappa shape index (κ2) is 4.22. The molecule has 0 spiro atoms. The van der Waals surface area contributed by atoms with E-state index in [4.69, 9.17) is 0 Å². The summed E-state index contributed by atoms with van der Waals surface area (Å²) in [5, 5.41) is 3.04. The molecular formula is C11H18N2S. The zero-order valence-corrected chi connectivity index (χ0v) is 10.3. The predicted molar refractivity (Wildman–Crippen MR) is 64.1 cm³/mol. The summed E-state index contributed by atoms with van der Waals surface area (Å²) >= 11 is 1.86. The number of aromatic nitrogens is 1. The minimum Gasteiger partial charge on any atom is -0.373 e. The van der Waals surface area contributed by atoms with Crippen molar-refractivity contribution in [2.75, 3.05) is 12.4 Å². The molecule has 0 fully saturated rings. The van der Waals surface area contributed by atoms with Gasteiger partial charge in [0.15, 0.2) is 0 Å². The highest BCUT2D eigenvalue weighted by Gasteiger charge is 2.13. The van der Waals surface area contributed by atoms with Crippen molar-refractivity contribution in [3.05, 3.63) is 17.8 Å². The molecule has 0 aliphatic rings. The fraction of sp³-hybridized carbons (Fsp3) is 0.545. The monoisotopic (exact) mass is 210 g/mol. The number of hydrogen-bond donors (Lipinski definition) is 1. The Balaban J connectivity index is 2.89. The molecule has 1 N–H and O–H groups in total. The number of nitrogens with zero attached hydrogens (tertiary/aromatic N) is 1. The molecule has 0 amide bonds. The van der Waals surface area contributed by atoms with Gasteiger partial charge < -0.3 is 5.32 Å². The van der Waals surface area contributed by atoms with Crippen molar-refractivity contribution in [2.45, 2.75) is 37.3 Å². The van der Waals surface area contributed by atoms with Gasteiger partial charge in [0.05, 0.1) is 0 Å². The third-order valence-electron chi connectivity index (χ3n) is 1.74. The Morgan fingerprint density at radius 2 is 2.00 bits per heavy atom. The van der Waals surface area contributed by atoms with E-state index in [9.17, 15) is 0 Å². The number of aryl methyl sites for hydroxylation is 1. The first-order chi connectivity index (χ1) is 6.42. The van der Waals surface area contributed by atoms with Crippen LogP contribution in [0.4, 0.5) is 5.82 Å². The minimum atomic E-state index is 0.244. The molecule has 78 valence electrons. The molecule has 1 aromatic heterocycles. The van der Waals surface area contributed by atoms with Gasteiger partial charge in [-0.2, -0.15) is 0 Å². The minimum absolute atomic E-state index is 0.244. The van der Waals surface area contributed by atoms with Gasteiger partial charge in [0, 0.05) is 22.9 Å². The van der Waals surface area contributed by atoms with Crippen LogP contribution in [0.5, 0.6) is 0 Å². The second-order valence-electron chi connectivity index (χ2n) is 4.30. The average molecular weight is 210 g/mol. The summed E-state index contributed by atoms with van der Waals surface area (Å²) in [7, 11) is 1.89. The molecular weight excluding hydrogens is 192 g/mol. The molecule has 0 saturated carbocycles. The Labute approximate surface area is 90.5 Å². The van der Waals surface area contributed by atoms with Gasteiger partial charge in [-0.3, -0.25) is 0 Å². The SMILES string of the molecule is CNc1cc(C)c(SC(C)(C)C)cn1. The van der Waals surface area contributed by atoms with Crippen LogP contribution in [0.2, 0.25) is 0 Å². The van der Waals surface area contributed by atoms with E-state index in [1.54, 1.807) is 0 Å². The molecule has 3 heteroatoms. The smallest absolute Gasteiger partial charge is 0.125 e. The maximum absolute atomic E-state index is 4.31. The second-order valence-corrected chi connectivity index (χ2v) is 6.17. The van der Waals surface area contributed by atoms with Gasteiger partial charge in [-0.1, -0.05) is 20.8 Å². The first-order valence-electron chi connectivity index (χ1n) is 4.76. The Bertz CT molecular complexity index is 316. The standard InChI is InChI=1S/C11H18N2S/c1-8-6-10(12-5)13-7-9(8)14-11(2,3)4/h6-7H,1-5H3,(H,12,13). The van der Waals surface area contributed by atoms with Crippen LogP contribution in [0, 0.1) is 6.92 Å². The van der Waals surface area contributed by atoms with Crippen molar-refractivity contribution in [3.63, 3.8) is 0 Å². The lowest BCUT2D eigenvalue weighted by Crippen LogP contribution is -2.07. The van der Waals surface area contributed by atoms with Crippen LogP contribution in [0.25, 0.3) is 0 Å². The summed E-state index contributed by atoms with van der Waals surface area (Å²) in [5.74, 6) is 0.931. The van der Waals surface area contributed by atoms with Crippen LogP contribution in [-0.2, 0) is 0 Å². The lowest BCUT2D eigenvalue weighted by Gasteiger charge is -2.18.